The number of nitrogens with one attached hydrogen (secondary N) is 1. The maximum atomic E-state index is 12.9. The number of rotatable bonds is 5. The van der Waals surface area contributed by atoms with Gasteiger partial charge in [0.15, 0.2) is 0 Å². The first-order valence-corrected chi connectivity index (χ1v) is 12.0. The average Bonchev–Trinajstić information content (AvgIpc) is 3.02. The highest BCUT2D eigenvalue weighted by atomic mass is 32.2. The first-order valence-electron chi connectivity index (χ1n) is 10.2. The third-order valence-electron chi connectivity index (χ3n) is 5.24. The van der Waals surface area contributed by atoms with Crippen molar-refractivity contribution in [2.75, 3.05) is 29.1 Å². The van der Waals surface area contributed by atoms with Gasteiger partial charge in [-0.15, -0.1) is 23.1 Å². The lowest BCUT2D eigenvalue weighted by Gasteiger charge is -2.22. The van der Waals surface area contributed by atoms with Crippen LogP contribution in [0.25, 0.3) is 0 Å². The number of esters is 1. The lowest BCUT2D eigenvalue weighted by atomic mass is 9.95. The molecule has 1 aromatic heterocycles. The largest absolute Gasteiger partial charge is 0.462 e. The summed E-state index contributed by atoms with van der Waals surface area (Å²) in [5.74, 6) is -0.0776. The number of hydrogen-bond acceptors (Lipinski definition) is 6. The number of carbonyl (C=O) groups is 3. The number of nitrogens with zero attached hydrogens (tertiary/aromatic N) is 1. The van der Waals surface area contributed by atoms with Gasteiger partial charge in [0.2, 0.25) is 11.8 Å². The van der Waals surface area contributed by atoms with E-state index in [1.54, 1.807) is 23.6 Å². The fraction of sp³-hybridized carbons (Fsp3) is 0.409. The molecule has 30 heavy (non-hydrogen) atoms. The van der Waals surface area contributed by atoms with Crippen LogP contribution in [0, 0.1) is 0 Å². The average molecular weight is 445 g/mol. The van der Waals surface area contributed by atoms with Crippen LogP contribution in [-0.2, 0) is 27.2 Å². The van der Waals surface area contributed by atoms with E-state index in [0.29, 0.717) is 22.7 Å². The minimum absolute atomic E-state index is 0.0707. The zero-order chi connectivity index (χ0) is 21.1. The summed E-state index contributed by atoms with van der Waals surface area (Å²) in [7, 11) is 0. The minimum Gasteiger partial charge on any atom is -0.462 e. The van der Waals surface area contributed by atoms with Crippen LogP contribution in [0.4, 0.5) is 10.7 Å². The van der Waals surface area contributed by atoms with Crippen LogP contribution >= 0.6 is 23.1 Å². The van der Waals surface area contributed by atoms with E-state index in [9.17, 15) is 14.4 Å². The number of fused-ring (bicyclic) bond motifs is 2. The number of carbonyl (C=O) groups excluding carboxylic acids is 3. The van der Waals surface area contributed by atoms with Crippen molar-refractivity contribution in [2.24, 2.45) is 0 Å². The SMILES string of the molecule is CCOC(=O)c1c(NC(=O)CN2C(=O)CCSc3ccccc32)sc2c1CCCC2. The maximum Gasteiger partial charge on any atom is 0.341 e. The second-order valence-electron chi connectivity index (χ2n) is 7.23. The predicted octanol–water partition coefficient (Wildman–Crippen LogP) is 4.27. The first kappa shape index (κ1) is 20.9. The normalized spacial score (nSPS) is 15.8. The maximum absolute atomic E-state index is 12.9. The molecule has 1 aromatic carbocycles. The summed E-state index contributed by atoms with van der Waals surface area (Å²) in [5, 5.41) is 3.44. The Morgan fingerprint density at radius 2 is 1.97 bits per heavy atom. The number of aryl methyl sites for hydroxylation is 1. The van der Waals surface area contributed by atoms with Gasteiger partial charge in [0.25, 0.3) is 0 Å². The number of benzene rings is 1. The van der Waals surface area contributed by atoms with Gasteiger partial charge in [0.05, 0.1) is 17.9 Å². The van der Waals surface area contributed by atoms with E-state index in [0.717, 1.165) is 46.7 Å². The number of hydrogen-bond donors (Lipinski definition) is 1. The summed E-state index contributed by atoms with van der Waals surface area (Å²) in [4.78, 5) is 41.9. The molecule has 2 amide bonds. The standard InChI is InChI=1S/C22H24N2O4S2/c1-2-28-22(27)20-14-7-3-5-9-16(14)30-21(20)23-18(25)13-24-15-8-4-6-10-17(15)29-12-11-19(24)26/h4,6,8,10H,2-3,5,7,9,11-13H2,1H3,(H,23,25). The molecule has 2 aliphatic rings. The molecule has 0 saturated carbocycles. The van der Waals surface area contributed by atoms with Gasteiger partial charge in [-0.05, 0) is 50.3 Å². The number of amides is 2. The van der Waals surface area contributed by atoms with E-state index in [4.69, 9.17) is 4.74 Å². The third-order valence-corrected chi connectivity index (χ3v) is 7.51. The van der Waals surface area contributed by atoms with Crippen molar-refractivity contribution in [1.29, 1.82) is 0 Å². The molecule has 0 radical (unpaired) electrons. The van der Waals surface area contributed by atoms with Crippen molar-refractivity contribution >= 4 is 51.6 Å². The van der Waals surface area contributed by atoms with Crippen molar-refractivity contribution in [3.05, 3.63) is 40.3 Å². The monoisotopic (exact) mass is 444 g/mol. The molecule has 1 aliphatic carbocycles. The molecule has 0 saturated heterocycles. The molecule has 2 aromatic rings. The Morgan fingerprint density at radius 3 is 2.80 bits per heavy atom. The zero-order valence-corrected chi connectivity index (χ0v) is 18.5. The van der Waals surface area contributed by atoms with Gasteiger partial charge in [0.1, 0.15) is 11.5 Å². The topological polar surface area (TPSA) is 75.7 Å². The van der Waals surface area contributed by atoms with Gasteiger partial charge in [-0.3, -0.25) is 9.59 Å². The number of thiophene rings is 1. The Kier molecular flexibility index (Phi) is 6.43. The first-order chi connectivity index (χ1) is 14.6. The van der Waals surface area contributed by atoms with E-state index >= 15 is 0 Å². The number of ether oxygens (including phenoxy) is 1. The molecule has 6 nitrogen and oxygen atoms in total. The third kappa shape index (κ3) is 4.25. The van der Waals surface area contributed by atoms with Crippen LogP contribution in [0.15, 0.2) is 29.2 Å². The fourth-order valence-corrected chi connectivity index (χ4v) is 6.17. The molecule has 4 rings (SSSR count). The molecule has 0 bridgehead atoms. The predicted molar refractivity (Wildman–Crippen MR) is 120 cm³/mol. The Hall–Kier alpha value is -2.32. The van der Waals surface area contributed by atoms with Crippen LogP contribution in [0.5, 0.6) is 0 Å². The van der Waals surface area contributed by atoms with Crippen LogP contribution in [0.3, 0.4) is 0 Å². The van der Waals surface area contributed by atoms with Crippen LogP contribution in [0.2, 0.25) is 0 Å². The van der Waals surface area contributed by atoms with Crippen LogP contribution in [-0.4, -0.2) is 36.7 Å². The van der Waals surface area contributed by atoms with Crippen molar-refractivity contribution in [3.63, 3.8) is 0 Å². The number of thioether (sulfide) groups is 1. The molecule has 2 heterocycles. The van der Waals surface area contributed by atoms with Gasteiger partial charge in [-0.1, -0.05) is 12.1 Å². The minimum atomic E-state index is -0.389. The smallest absolute Gasteiger partial charge is 0.341 e. The molecule has 0 unspecified atom stereocenters. The molecule has 8 heteroatoms. The van der Waals surface area contributed by atoms with Crippen molar-refractivity contribution in [3.8, 4) is 0 Å². The summed E-state index contributed by atoms with van der Waals surface area (Å²) >= 11 is 3.08. The Balaban J connectivity index is 1.58. The molecule has 0 fully saturated rings. The molecule has 158 valence electrons. The highest BCUT2D eigenvalue weighted by molar-refractivity contribution is 7.99. The van der Waals surface area contributed by atoms with Crippen molar-refractivity contribution in [1.82, 2.24) is 0 Å². The van der Waals surface area contributed by atoms with Crippen molar-refractivity contribution in [2.45, 2.75) is 43.9 Å². The molecule has 1 aliphatic heterocycles. The van der Waals surface area contributed by atoms with E-state index in [1.165, 1.54) is 11.3 Å². The van der Waals surface area contributed by atoms with Gasteiger partial charge in [-0.25, -0.2) is 4.79 Å². The summed E-state index contributed by atoms with van der Waals surface area (Å²) in [6.45, 7) is 1.98. The molecule has 1 N–H and O–H groups in total. The summed E-state index contributed by atoms with van der Waals surface area (Å²) in [5.41, 5.74) is 2.26. The highest BCUT2D eigenvalue weighted by Gasteiger charge is 2.29. The van der Waals surface area contributed by atoms with Gasteiger partial charge in [-0.2, -0.15) is 0 Å². The van der Waals surface area contributed by atoms with Gasteiger partial charge in [0, 0.05) is 21.9 Å². The number of anilines is 2. The van der Waals surface area contributed by atoms with Gasteiger partial charge >= 0.3 is 5.97 Å². The molecular formula is C22H24N2O4S2. The Labute approximate surface area is 184 Å². The second kappa shape index (κ2) is 9.22. The summed E-state index contributed by atoms with van der Waals surface area (Å²) in [6.07, 6.45) is 4.23. The van der Waals surface area contributed by atoms with E-state index in [-0.39, 0.29) is 30.9 Å². The van der Waals surface area contributed by atoms with Crippen LogP contribution in [0.1, 0.15) is 47.0 Å². The van der Waals surface area contributed by atoms with E-state index in [1.807, 2.05) is 24.3 Å². The van der Waals surface area contributed by atoms with E-state index in [2.05, 4.69) is 5.32 Å². The summed E-state index contributed by atoms with van der Waals surface area (Å²) < 4.78 is 5.25. The highest BCUT2D eigenvalue weighted by Crippen LogP contribution is 2.39. The number of para-hydroxylation sites is 1. The quantitative estimate of drug-likeness (QED) is 0.697. The lowest BCUT2D eigenvalue weighted by molar-refractivity contribution is -0.121. The zero-order valence-electron chi connectivity index (χ0n) is 16.9. The molecule has 0 spiro atoms. The molecule has 0 atom stereocenters. The molecular weight excluding hydrogens is 420 g/mol. The fourth-order valence-electron chi connectivity index (χ4n) is 3.88. The lowest BCUT2D eigenvalue weighted by Crippen LogP contribution is -2.38. The van der Waals surface area contributed by atoms with Crippen LogP contribution < -0.4 is 10.2 Å². The van der Waals surface area contributed by atoms with Crippen molar-refractivity contribution < 1.29 is 19.1 Å². The Morgan fingerprint density at radius 1 is 1.17 bits per heavy atom. The second-order valence-corrected chi connectivity index (χ2v) is 9.47. The van der Waals surface area contributed by atoms with E-state index < -0.39 is 0 Å². The van der Waals surface area contributed by atoms with Gasteiger partial charge < -0.3 is 15.0 Å². The Bertz CT molecular complexity index is 986. The summed E-state index contributed by atoms with van der Waals surface area (Å²) in [6, 6.07) is 7.64.